The first-order valence-corrected chi connectivity index (χ1v) is 9.44. The molecule has 0 aliphatic rings. The number of carbonyl (C=O) groups excluding carboxylic acids is 1. The molecule has 3 aromatic rings. The molecular weight excluding hydrogens is 423 g/mol. The average molecular weight is 440 g/mol. The van der Waals surface area contributed by atoms with Gasteiger partial charge in [-0.25, -0.2) is 15.1 Å². The van der Waals surface area contributed by atoms with Gasteiger partial charge in [-0.05, 0) is 63.2 Å². The minimum atomic E-state index is -0.575. The lowest BCUT2D eigenvalue weighted by Crippen LogP contribution is -2.34. The summed E-state index contributed by atoms with van der Waals surface area (Å²) in [5.41, 5.74) is 3.04. The van der Waals surface area contributed by atoms with Crippen LogP contribution in [0.3, 0.4) is 0 Å². The second kappa shape index (κ2) is 8.09. The van der Waals surface area contributed by atoms with Crippen LogP contribution in [0, 0.1) is 0 Å². The quantitative estimate of drug-likeness (QED) is 0.556. The molecule has 1 heterocycles. The van der Waals surface area contributed by atoms with Gasteiger partial charge in [0, 0.05) is 15.6 Å². The Balaban J connectivity index is 2.07. The fourth-order valence-corrected chi connectivity index (χ4v) is 2.87. The zero-order chi connectivity index (χ0) is 20.5. The summed E-state index contributed by atoms with van der Waals surface area (Å²) in [6, 6.07) is 12.0. The molecule has 1 N–H and O–H groups in total. The predicted molar refractivity (Wildman–Crippen MR) is 110 cm³/mol. The molecule has 0 aliphatic heterocycles. The van der Waals surface area contributed by atoms with Crippen LogP contribution in [0.5, 0.6) is 0 Å². The van der Waals surface area contributed by atoms with Crippen LogP contribution >= 0.6 is 34.8 Å². The normalized spacial score (nSPS) is 11.5. The van der Waals surface area contributed by atoms with Crippen LogP contribution in [0.15, 0.2) is 42.5 Å². The van der Waals surface area contributed by atoms with Gasteiger partial charge >= 0.3 is 5.91 Å². The molecule has 0 unspecified atom stereocenters. The van der Waals surface area contributed by atoms with Crippen molar-refractivity contribution in [2.45, 2.75) is 26.4 Å². The molecule has 9 heteroatoms. The van der Waals surface area contributed by atoms with Crippen LogP contribution in [0.25, 0.3) is 17.1 Å². The molecule has 6 nitrogen and oxygen atoms in total. The van der Waals surface area contributed by atoms with Crippen LogP contribution in [-0.2, 0) is 4.84 Å². The molecule has 0 radical (unpaired) electrons. The first-order valence-electron chi connectivity index (χ1n) is 8.31. The second-order valence-corrected chi connectivity index (χ2v) is 8.20. The number of carbonyl (C=O) groups is 1. The van der Waals surface area contributed by atoms with E-state index in [9.17, 15) is 4.79 Å². The summed E-state index contributed by atoms with van der Waals surface area (Å²) < 4.78 is 1.48. The molecule has 0 bridgehead atoms. The summed E-state index contributed by atoms with van der Waals surface area (Å²) in [6.07, 6.45) is 0. The van der Waals surface area contributed by atoms with Gasteiger partial charge in [-0.1, -0.05) is 34.8 Å². The van der Waals surface area contributed by atoms with Crippen molar-refractivity contribution in [3.05, 3.63) is 63.4 Å². The molecule has 0 saturated carbocycles. The molecule has 1 aromatic heterocycles. The number of hydrogen-bond acceptors (Lipinski definition) is 4. The third-order valence-corrected chi connectivity index (χ3v) is 4.29. The predicted octanol–water partition coefficient (Wildman–Crippen LogP) is 5.35. The number of hydroxylamine groups is 1. The number of halogens is 3. The summed E-state index contributed by atoms with van der Waals surface area (Å²) in [5.74, 6) is -0.226. The summed E-state index contributed by atoms with van der Waals surface area (Å²) in [7, 11) is 0. The molecule has 1 amide bonds. The van der Waals surface area contributed by atoms with E-state index in [0.29, 0.717) is 32.1 Å². The Kier molecular flexibility index (Phi) is 5.95. The highest BCUT2D eigenvalue weighted by molar-refractivity contribution is 6.35. The van der Waals surface area contributed by atoms with E-state index < -0.39 is 11.5 Å². The van der Waals surface area contributed by atoms with Crippen LogP contribution in [0.1, 0.15) is 31.4 Å². The lowest BCUT2D eigenvalue weighted by molar-refractivity contribution is -0.0593. The van der Waals surface area contributed by atoms with Crippen molar-refractivity contribution in [2.24, 2.45) is 0 Å². The van der Waals surface area contributed by atoms with Crippen molar-refractivity contribution in [1.29, 1.82) is 0 Å². The molecule has 0 atom stereocenters. The van der Waals surface area contributed by atoms with E-state index in [1.165, 1.54) is 4.68 Å². The first kappa shape index (κ1) is 20.6. The Morgan fingerprint density at radius 3 is 2.29 bits per heavy atom. The number of amides is 1. The lowest BCUT2D eigenvalue weighted by atomic mass is 10.2. The molecule has 0 spiro atoms. The van der Waals surface area contributed by atoms with Gasteiger partial charge in [0.25, 0.3) is 0 Å². The van der Waals surface area contributed by atoms with Gasteiger partial charge in [-0.3, -0.25) is 9.63 Å². The Bertz CT molecular complexity index is 1010. The maximum atomic E-state index is 12.5. The van der Waals surface area contributed by atoms with Gasteiger partial charge in [0.1, 0.15) is 0 Å². The number of rotatable bonds is 4. The van der Waals surface area contributed by atoms with E-state index >= 15 is 0 Å². The summed E-state index contributed by atoms with van der Waals surface area (Å²) in [5, 5.41) is 5.75. The van der Waals surface area contributed by atoms with Crippen molar-refractivity contribution >= 4 is 40.7 Å². The highest BCUT2D eigenvalue weighted by Crippen LogP contribution is 2.29. The smallest absolute Gasteiger partial charge is 0.268 e. The van der Waals surface area contributed by atoms with Crippen molar-refractivity contribution in [3.63, 3.8) is 0 Å². The van der Waals surface area contributed by atoms with Crippen LogP contribution in [0.4, 0.5) is 0 Å². The van der Waals surface area contributed by atoms with Gasteiger partial charge in [-0.2, -0.15) is 0 Å². The lowest BCUT2D eigenvalue weighted by Gasteiger charge is -2.18. The summed E-state index contributed by atoms with van der Waals surface area (Å²) >= 11 is 18.3. The maximum Gasteiger partial charge on any atom is 0.314 e. The highest BCUT2D eigenvalue weighted by atomic mass is 35.5. The fourth-order valence-electron chi connectivity index (χ4n) is 2.26. The number of hydrogen-bond donors (Lipinski definition) is 1. The molecule has 28 heavy (non-hydrogen) atoms. The topological polar surface area (TPSA) is 69.0 Å². The van der Waals surface area contributed by atoms with Gasteiger partial charge < -0.3 is 0 Å². The van der Waals surface area contributed by atoms with Gasteiger partial charge in [0.2, 0.25) is 5.82 Å². The third kappa shape index (κ3) is 4.83. The second-order valence-electron chi connectivity index (χ2n) is 6.92. The molecule has 0 aliphatic carbocycles. The van der Waals surface area contributed by atoms with Crippen molar-refractivity contribution in [3.8, 4) is 17.1 Å². The Morgan fingerprint density at radius 2 is 1.68 bits per heavy atom. The van der Waals surface area contributed by atoms with E-state index in [0.717, 1.165) is 0 Å². The van der Waals surface area contributed by atoms with Crippen molar-refractivity contribution in [2.75, 3.05) is 0 Å². The molecule has 3 rings (SSSR count). The third-order valence-electron chi connectivity index (χ3n) is 3.50. The van der Waals surface area contributed by atoms with Gasteiger partial charge in [0.15, 0.2) is 5.82 Å². The molecular formula is C19H17Cl3N4O2. The summed E-state index contributed by atoms with van der Waals surface area (Å²) in [4.78, 5) is 22.2. The van der Waals surface area contributed by atoms with E-state index in [1.54, 1.807) is 42.5 Å². The number of nitrogens with one attached hydrogen (secondary N) is 1. The average Bonchev–Trinajstić information content (AvgIpc) is 3.05. The zero-order valence-electron chi connectivity index (χ0n) is 15.3. The summed E-state index contributed by atoms with van der Waals surface area (Å²) in [6.45, 7) is 5.43. The molecule has 0 saturated heterocycles. The van der Waals surface area contributed by atoms with E-state index in [-0.39, 0.29) is 5.82 Å². The molecule has 0 fully saturated rings. The van der Waals surface area contributed by atoms with Crippen molar-refractivity contribution in [1.82, 2.24) is 20.2 Å². The fraction of sp³-hybridized carbons (Fsp3) is 0.211. The number of aromatic nitrogens is 3. The highest BCUT2D eigenvalue weighted by Gasteiger charge is 2.22. The Labute approximate surface area is 177 Å². The van der Waals surface area contributed by atoms with Crippen LogP contribution in [0.2, 0.25) is 15.1 Å². The number of benzene rings is 2. The van der Waals surface area contributed by atoms with Gasteiger partial charge in [-0.15, -0.1) is 5.10 Å². The van der Waals surface area contributed by atoms with E-state index in [1.807, 2.05) is 20.8 Å². The van der Waals surface area contributed by atoms with Crippen molar-refractivity contribution < 1.29 is 9.63 Å². The van der Waals surface area contributed by atoms with Gasteiger partial charge in [0.05, 0.1) is 16.3 Å². The zero-order valence-corrected chi connectivity index (χ0v) is 17.6. The number of nitrogens with zero attached hydrogens (tertiary/aromatic N) is 3. The minimum absolute atomic E-state index is 0.0692. The van der Waals surface area contributed by atoms with E-state index in [2.05, 4.69) is 15.6 Å². The SMILES string of the molecule is CC(C)(C)ONC(=O)c1nc(-c2ccc(Cl)cc2)n(-c2ccc(Cl)cc2Cl)n1. The maximum absolute atomic E-state index is 12.5. The molecule has 2 aromatic carbocycles. The van der Waals surface area contributed by atoms with Crippen LogP contribution in [-0.4, -0.2) is 26.3 Å². The Hall–Kier alpha value is -2.12. The minimum Gasteiger partial charge on any atom is -0.268 e. The van der Waals surface area contributed by atoms with Crippen LogP contribution < -0.4 is 5.48 Å². The van der Waals surface area contributed by atoms with E-state index in [4.69, 9.17) is 39.6 Å². The first-order chi connectivity index (χ1) is 13.1. The standard InChI is InChI=1S/C19H17Cl3N4O2/c1-19(2,3)28-25-18(27)16-23-17(11-4-6-12(20)7-5-11)26(24-16)15-9-8-13(21)10-14(15)22/h4-10H,1-3H3,(H,25,27). The largest absolute Gasteiger partial charge is 0.314 e. The molecule has 146 valence electrons. The Morgan fingerprint density at radius 1 is 1.04 bits per heavy atom. The monoisotopic (exact) mass is 438 g/mol.